The summed E-state index contributed by atoms with van der Waals surface area (Å²) in [5, 5.41) is 0.632. The summed E-state index contributed by atoms with van der Waals surface area (Å²) in [6, 6.07) is 41.3. The molecule has 0 fully saturated rings. The highest BCUT2D eigenvalue weighted by Gasteiger charge is 2.16. The van der Waals surface area contributed by atoms with Crippen LogP contribution in [0.3, 0.4) is 0 Å². The second-order valence-corrected chi connectivity index (χ2v) is 9.85. The van der Waals surface area contributed by atoms with Crippen LogP contribution in [-0.4, -0.2) is 9.38 Å². The summed E-state index contributed by atoms with van der Waals surface area (Å²) >= 11 is 1.55. The van der Waals surface area contributed by atoms with E-state index in [0.29, 0.717) is 10.3 Å². The monoisotopic (exact) mass is 480 g/mol. The molecule has 170 valence electrons. The zero-order chi connectivity index (χ0) is 24.1. The Morgan fingerprint density at radius 2 is 1.19 bits per heavy atom. The van der Waals surface area contributed by atoms with Crippen LogP contribution in [0.25, 0.3) is 59.5 Å². The molecular weight excluding hydrogens is 460 g/mol. The minimum atomic E-state index is -0.0307. The number of benzene rings is 5. The Balaban J connectivity index is 1.56. The van der Waals surface area contributed by atoms with Crippen LogP contribution >= 0.6 is 11.3 Å². The van der Waals surface area contributed by atoms with Crippen LogP contribution in [-0.2, 0) is 0 Å². The van der Waals surface area contributed by atoms with Gasteiger partial charge in [0.25, 0.3) is 5.56 Å². The maximum Gasteiger partial charge on any atom is 0.266 e. The third-order valence-corrected chi connectivity index (χ3v) is 7.63. The molecule has 0 saturated heterocycles. The molecular formula is C32H20N2OS. The summed E-state index contributed by atoms with van der Waals surface area (Å²) in [4.78, 5) is 19.2. The lowest BCUT2D eigenvalue weighted by molar-refractivity contribution is 1.16. The summed E-state index contributed by atoms with van der Waals surface area (Å²) in [6.45, 7) is 0. The predicted octanol–water partition coefficient (Wildman–Crippen LogP) is 8.06. The summed E-state index contributed by atoms with van der Waals surface area (Å²) in [5.41, 5.74) is 8.29. The van der Waals surface area contributed by atoms with Gasteiger partial charge in [0.15, 0.2) is 4.96 Å². The van der Waals surface area contributed by atoms with Crippen LogP contribution in [0.1, 0.15) is 0 Å². The topological polar surface area (TPSA) is 34.4 Å². The van der Waals surface area contributed by atoms with Gasteiger partial charge in [0.05, 0.1) is 21.1 Å². The van der Waals surface area contributed by atoms with Gasteiger partial charge in [-0.1, -0.05) is 96.3 Å². The second-order valence-electron chi connectivity index (χ2n) is 8.84. The van der Waals surface area contributed by atoms with Crippen LogP contribution in [0.4, 0.5) is 0 Å². The Kier molecular flexibility index (Phi) is 4.79. The Bertz CT molecular complexity index is 1900. The van der Waals surface area contributed by atoms with Gasteiger partial charge in [-0.3, -0.25) is 4.79 Å². The van der Waals surface area contributed by atoms with Crippen molar-refractivity contribution in [1.82, 2.24) is 9.38 Å². The van der Waals surface area contributed by atoms with Crippen molar-refractivity contribution < 1.29 is 0 Å². The van der Waals surface area contributed by atoms with Gasteiger partial charge in [0.2, 0.25) is 0 Å². The van der Waals surface area contributed by atoms with Crippen LogP contribution in [0, 0.1) is 0 Å². The molecule has 4 heteroatoms. The van der Waals surface area contributed by atoms with Crippen molar-refractivity contribution in [3.8, 4) is 33.4 Å². The minimum absolute atomic E-state index is 0.0307. The lowest BCUT2D eigenvalue weighted by Gasteiger charge is -2.12. The van der Waals surface area contributed by atoms with Crippen LogP contribution in [0.2, 0.25) is 0 Å². The molecule has 0 spiro atoms. The zero-order valence-corrected chi connectivity index (χ0v) is 20.1. The molecule has 0 unspecified atom stereocenters. The molecule has 7 aromatic rings. The fourth-order valence-electron chi connectivity index (χ4n) is 4.92. The first-order valence-corrected chi connectivity index (χ1v) is 12.7. The molecule has 2 heterocycles. The molecule has 0 saturated carbocycles. The number of thiazole rings is 1. The maximum absolute atomic E-state index is 13.7. The van der Waals surface area contributed by atoms with Gasteiger partial charge in [-0.25, -0.2) is 9.38 Å². The van der Waals surface area contributed by atoms with Crippen molar-refractivity contribution in [1.29, 1.82) is 0 Å². The fourth-order valence-corrected chi connectivity index (χ4v) is 5.97. The van der Waals surface area contributed by atoms with Gasteiger partial charge in [0, 0.05) is 5.56 Å². The molecule has 0 amide bonds. The molecule has 3 nitrogen and oxygen atoms in total. The van der Waals surface area contributed by atoms with E-state index in [4.69, 9.17) is 4.98 Å². The Morgan fingerprint density at radius 1 is 0.583 bits per heavy atom. The average molecular weight is 481 g/mol. The number of para-hydroxylation sites is 2. The van der Waals surface area contributed by atoms with Gasteiger partial charge < -0.3 is 0 Å². The molecule has 0 atom stereocenters. The third-order valence-electron chi connectivity index (χ3n) is 6.63. The molecule has 0 aliphatic rings. The molecule has 0 bridgehead atoms. The first kappa shape index (κ1) is 20.8. The van der Waals surface area contributed by atoms with Gasteiger partial charge in [-0.15, -0.1) is 0 Å². The van der Waals surface area contributed by atoms with E-state index in [0.717, 1.165) is 49.1 Å². The number of rotatable bonds is 3. The Hall–Kier alpha value is -4.54. The van der Waals surface area contributed by atoms with E-state index in [1.165, 1.54) is 0 Å². The quantitative estimate of drug-likeness (QED) is 0.256. The number of hydrogen-bond acceptors (Lipinski definition) is 3. The lowest BCUT2D eigenvalue weighted by atomic mass is 9.93. The van der Waals surface area contributed by atoms with Crippen LogP contribution in [0.15, 0.2) is 126 Å². The Labute approximate surface area is 211 Å². The standard InChI is InChI=1S/C32H20N2OS/c35-31-27-14-7-8-16-28(27)33-32-34(31)30-26(15-9-17-29(30)36-32)25-19-23(21-10-3-1-4-11-21)18-24(20-25)22-12-5-2-6-13-22/h1-20H. The first-order chi connectivity index (χ1) is 17.8. The average Bonchev–Trinajstić information content (AvgIpc) is 3.33. The van der Waals surface area contributed by atoms with E-state index in [2.05, 4.69) is 84.9 Å². The van der Waals surface area contributed by atoms with Gasteiger partial charge >= 0.3 is 0 Å². The summed E-state index contributed by atoms with van der Waals surface area (Å²) in [6.07, 6.45) is 0. The van der Waals surface area contributed by atoms with Gasteiger partial charge in [-0.05, 0) is 64.2 Å². The second kappa shape index (κ2) is 8.29. The highest BCUT2D eigenvalue weighted by Crippen LogP contribution is 2.38. The lowest BCUT2D eigenvalue weighted by Crippen LogP contribution is -2.13. The number of hydrogen-bond donors (Lipinski definition) is 0. The largest absolute Gasteiger partial charge is 0.268 e. The van der Waals surface area contributed by atoms with E-state index in [1.807, 2.05) is 36.4 Å². The zero-order valence-electron chi connectivity index (χ0n) is 19.3. The predicted molar refractivity (Wildman–Crippen MR) is 151 cm³/mol. The molecule has 0 radical (unpaired) electrons. The van der Waals surface area contributed by atoms with E-state index in [9.17, 15) is 4.79 Å². The smallest absolute Gasteiger partial charge is 0.266 e. The summed E-state index contributed by atoms with van der Waals surface area (Å²) in [5.74, 6) is 0. The molecule has 0 aliphatic carbocycles. The van der Waals surface area contributed by atoms with Crippen molar-refractivity contribution in [2.45, 2.75) is 0 Å². The molecule has 36 heavy (non-hydrogen) atoms. The highest BCUT2D eigenvalue weighted by molar-refractivity contribution is 7.23. The molecule has 2 aromatic heterocycles. The molecule has 5 aromatic carbocycles. The molecule has 0 aliphatic heterocycles. The van der Waals surface area contributed by atoms with E-state index in [1.54, 1.807) is 15.7 Å². The summed E-state index contributed by atoms with van der Waals surface area (Å²) < 4.78 is 2.83. The number of nitrogens with zero attached hydrogens (tertiary/aromatic N) is 2. The van der Waals surface area contributed by atoms with E-state index >= 15 is 0 Å². The fraction of sp³-hybridized carbons (Fsp3) is 0. The first-order valence-electron chi connectivity index (χ1n) is 11.9. The molecule has 7 rings (SSSR count). The maximum atomic E-state index is 13.7. The number of aromatic nitrogens is 2. The Morgan fingerprint density at radius 3 is 1.89 bits per heavy atom. The van der Waals surface area contributed by atoms with Gasteiger partial charge in [-0.2, -0.15) is 0 Å². The normalized spacial score (nSPS) is 11.4. The van der Waals surface area contributed by atoms with Crippen molar-refractivity contribution in [3.05, 3.63) is 132 Å². The number of fused-ring (bicyclic) bond motifs is 4. The van der Waals surface area contributed by atoms with Crippen molar-refractivity contribution in [3.63, 3.8) is 0 Å². The van der Waals surface area contributed by atoms with Crippen LogP contribution < -0.4 is 5.56 Å². The van der Waals surface area contributed by atoms with Crippen molar-refractivity contribution in [2.75, 3.05) is 0 Å². The highest BCUT2D eigenvalue weighted by atomic mass is 32.1. The van der Waals surface area contributed by atoms with Gasteiger partial charge in [0.1, 0.15) is 0 Å². The van der Waals surface area contributed by atoms with Crippen LogP contribution in [0.5, 0.6) is 0 Å². The van der Waals surface area contributed by atoms with Crippen molar-refractivity contribution in [2.24, 2.45) is 0 Å². The minimum Gasteiger partial charge on any atom is -0.268 e. The molecule has 0 N–H and O–H groups in total. The third kappa shape index (κ3) is 3.35. The van der Waals surface area contributed by atoms with E-state index < -0.39 is 0 Å². The SMILES string of the molecule is O=c1c2ccccc2nc2sc3cccc(-c4cc(-c5ccccc5)cc(-c5ccccc5)c4)c3n12. The van der Waals surface area contributed by atoms with E-state index in [-0.39, 0.29) is 5.56 Å². The summed E-state index contributed by atoms with van der Waals surface area (Å²) in [7, 11) is 0. The van der Waals surface area contributed by atoms with Crippen molar-refractivity contribution >= 4 is 37.4 Å².